The Hall–Kier alpha value is -2.50. The van der Waals surface area contributed by atoms with Gasteiger partial charge in [0.1, 0.15) is 16.7 Å². The largest absolute Gasteiger partial charge is 0.378 e. The van der Waals surface area contributed by atoms with Crippen LogP contribution in [-0.4, -0.2) is 48.3 Å². The van der Waals surface area contributed by atoms with Crippen LogP contribution in [0.1, 0.15) is 5.56 Å². The summed E-state index contributed by atoms with van der Waals surface area (Å²) in [5, 5.41) is 10.5. The quantitative estimate of drug-likeness (QED) is 0.475. The normalized spacial score (nSPS) is 20.3. The van der Waals surface area contributed by atoms with Gasteiger partial charge in [-0.25, -0.2) is 0 Å². The van der Waals surface area contributed by atoms with Crippen molar-refractivity contribution in [1.82, 2.24) is 4.90 Å². The van der Waals surface area contributed by atoms with Crippen molar-refractivity contribution in [1.29, 1.82) is 5.26 Å². The van der Waals surface area contributed by atoms with Crippen LogP contribution in [0.15, 0.2) is 59.1 Å². The van der Waals surface area contributed by atoms with E-state index in [4.69, 9.17) is 27.9 Å². The number of carbonyl (C=O) groups is 2. The number of para-hydroxylation sites is 1. The lowest BCUT2D eigenvalue weighted by atomic mass is 10.1. The van der Waals surface area contributed by atoms with Crippen LogP contribution in [0.4, 0.5) is 5.69 Å². The van der Waals surface area contributed by atoms with Gasteiger partial charge in [-0.3, -0.25) is 14.5 Å². The van der Waals surface area contributed by atoms with E-state index in [1.165, 1.54) is 16.7 Å². The maximum Gasteiger partial charge on any atom is 0.267 e. The SMILES string of the molecule is N#C/C(C(=O)N1CCOCC1)=C1/S[C@H](Cc2cccc(Cl)c2Cl)C(=O)N1c1ccccc1. The van der Waals surface area contributed by atoms with Crippen LogP contribution in [0.3, 0.4) is 0 Å². The molecule has 4 rings (SSSR count). The first-order valence-corrected chi connectivity index (χ1v) is 11.6. The summed E-state index contributed by atoms with van der Waals surface area (Å²) in [5.74, 6) is -0.608. The summed E-state index contributed by atoms with van der Waals surface area (Å²) < 4.78 is 5.31. The lowest BCUT2D eigenvalue weighted by molar-refractivity contribution is -0.130. The predicted octanol–water partition coefficient (Wildman–Crippen LogP) is 4.28. The molecule has 0 saturated carbocycles. The van der Waals surface area contributed by atoms with Gasteiger partial charge in [0.15, 0.2) is 0 Å². The smallest absolute Gasteiger partial charge is 0.267 e. The highest BCUT2D eigenvalue weighted by Crippen LogP contribution is 2.43. The Kier molecular flexibility index (Phi) is 7.07. The zero-order valence-corrected chi connectivity index (χ0v) is 19.3. The van der Waals surface area contributed by atoms with Crippen molar-refractivity contribution in [3.8, 4) is 6.07 Å². The third-order valence-corrected chi connectivity index (χ3v) is 7.36. The first-order valence-electron chi connectivity index (χ1n) is 10.0. The topological polar surface area (TPSA) is 73.6 Å². The molecule has 2 amide bonds. The van der Waals surface area contributed by atoms with Crippen molar-refractivity contribution in [3.63, 3.8) is 0 Å². The van der Waals surface area contributed by atoms with Crippen LogP contribution >= 0.6 is 35.0 Å². The Morgan fingerprint density at radius 2 is 1.84 bits per heavy atom. The minimum absolute atomic E-state index is 0.0474. The van der Waals surface area contributed by atoms with E-state index in [-0.39, 0.29) is 11.5 Å². The van der Waals surface area contributed by atoms with E-state index in [0.717, 1.165) is 5.56 Å². The summed E-state index contributed by atoms with van der Waals surface area (Å²) in [6.07, 6.45) is 0.320. The number of hydrogen-bond acceptors (Lipinski definition) is 5. The Balaban J connectivity index is 1.74. The monoisotopic (exact) mass is 487 g/mol. The van der Waals surface area contributed by atoms with Gasteiger partial charge in [0, 0.05) is 18.8 Å². The van der Waals surface area contributed by atoms with Gasteiger partial charge in [-0.1, -0.05) is 65.3 Å². The minimum Gasteiger partial charge on any atom is -0.378 e. The van der Waals surface area contributed by atoms with Gasteiger partial charge >= 0.3 is 0 Å². The predicted molar refractivity (Wildman–Crippen MR) is 126 cm³/mol. The number of carbonyl (C=O) groups excluding carboxylic acids is 2. The molecule has 2 aliphatic rings. The van der Waals surface area contributed by atoms with E-state index in [2.05, 4.69) is 6.07 Å². The van der Waals surface area contributed by atoms with Gasteiger partial charge in [-0.15, -0.1) is 0 Å². The van der Waals surface area contributed by atoms with Gasteiger partial charge in [0.25, 0.3) is 5.91 Å². The number of thioether (sulfide) groups is 1. The van der Waals surface area contributed by atoms with Crippen LogP contribution in [0, 0.1) is 11.3 Å². The van der Waals surface area contributed by atoms with Crippen molar-refractivity contribution in [3.05, 3.63) is 74.7 Å². The van der Waals surface area contributed by atoms with Gasteiger partial charge in [0.2, 0.25) is 5.91 Å². The molecule has 0 spiro atoms. The molecule has 2 aliphatic heterocycles. The number of halogens is 2. The molecular formula is C23H19Cl2N3O3S. The van der Waals surface area contributed by atoms with Crippen LogP contribution in [0.5, 0.6) is 0 Å². The lowest BCUT2D eigenvalue weighted by Crippen LogP contribution is -2.42. The van der Waals surface area contributed by atoms with E-state index < -0.39 is 11.2 Å². The Labute approximate surface area is 200 Å². The number of nitrogens with zero attached hydrogens (tertiary/aromatic N) is 3. The Morgan fingerprint density at radius 3 is 2.53 bits per heavy atom. The van der Waals surface area contributed by atoms with Gasteiger partial charge in [-0.2, -0.15) is 5.26 Å². The maximum atomic E-state index is 13.5. The summed E-state index contributed by atoms with van der Waals surface area (Å²) in [6, 6.07) is 16.4. The van der Waals surface area contributed by atoms with E-state index >= 15 is 0 Å². The molecule has 0 bridgehead atoms. The second kappa shape index (κ2) is 9.97. The number of rotatable bonds is 4. The van der Waals surface area contributed by atoms with Crippen LogP contribution in [0.25, 0.3) is 0 Å². The number of amides is 2. The third-order valence-electron chi connectivity index (χ3n) is 5.24. The van der Waals surface area contributed by atoms with Crippen LogP contribution < -0.4 is 4.90 Å². The number of morpholine rings is 1. The fourth-order valence-corrected chi connectivity index (χ4v) is 5.31. The van der Waals surface area contributed by atoms with Gasteiger partial charge < -0.3 is 9.64 Å². The van der Waals surface area contributed by atoms with E-state index in [1.807, 2.05) is 24.3 Å². The van der Waals surface area contributed by atoms with Crippen molar-refractivity contribution < 1.29 is 14.3 Å². The molecule has 1 atom stereocenters. The molecule has 32 heavy (non-hydrogen) atoms. The molecule has 0 unspecified atom stereocenters. The van der Waals surface area contributed by atoms with Gasteiger partial charge in [-0.05, 0) is 30.2 Å². The molecule has 164 valence electrons. The number of nitriles is 1. The fourth-order valence-electron chi connectivity index (χ4n) is 3.62. The molecule has 0 N–H and O–H groups in total. The molecule has 2 fully saturated rings. The highest BCUT2D eigenvalue weighted by Gasteiger charge is 2.41. The number of hydrogen-bond donors (Lipinski definition) is 0. The lowest BCUT2D eigenvalue weighted by Gasteiger charge is -2.27. The standard InChI is InChI=1S/C23H19Cl2N3O3S/c24-18-8-4-5-15(20(18)25)13-19-22(30)28(16-6-2-1-3-7-16)23(32-19)17(14-26)21(29)27-9-11-31-12-10-27/h1-8,19H,9-13H2/b23-17-/t19-/m1/s1. The van der Waals surface area contributed by atoms with Crippen LogP contribution in [-0.2, 0) is 20.7 Å². The highest BCUT2D eigenvalue weighted by molar-refractivity contribution is 8.05. The molecule has 2 heterocycles. The molecule has 2 saturated heterocycles. The summed E-state index contributed by atoms with van der Waals surface area (Å²) >= 11 is 13.7. The van der Waals surface area contributed by atoms with Gasteiger partial charge in [0.05, 0.1) is 28.5 Å². The zero-order valence-electron chi connectivity index (χ0n) is 17.0. The van der Waals surface area contributed by atoms with E-state index in [9.17, 15) is 14.9 Å². The summed E-state index contributed by atoms with van der Waals surface area (Å²) in [5.41, 5.74) is 1.29. The Morgan fingerprint density at radius 1 is 1.12 bits per heavy atom. The maximum absolute atomic E-state index is 13.5. The second-order valence-electron chi connectivity index (χ2n) is 7.23. The molecule has 0 radical (unpaired) electrons. The van der Waals surface area contributed by atoms with Crippen molar-refractivity contribution in [2.75, 3.05) is 31.2 Å². The zero-order chi connectivity index (χ0) is 22.7. The highest BCUT2D eigenvalue weighted by atomic mass is 35.5. The fraction of sp³-hybridized carbons (Fsp3) is 0.261. The average molecular weight is 488 g/mol. The van der Waals surface area contributed by atoms with Crippen molar-refractivity contribution in [2.24, 2.45) is 0 Å². The molecule has 2 aromatic carbocycles. The van der Waals surface area contributed by atoms with E-state index in [0.29, 0.717) is 53.5 Å². The minimum atomic E-state index is -0.554. The summed E-state index contributed by atoms with van der Waals surface area (Å²) in [7, 11) is 0. The molecule has 0 aliphatic carbocycles. The Bertz CT molecular complexity index is 1110. The first kappa shape index (κ1) is 22.7. The average Bonchev–Trinajstić information content (AvgIpc) is 3.14. The molecule has 0 aromatic heterocycles. The molecular weight excluding hydrogens is 469 g/mol. The number of anilines is 1. The summed E-state index contributed by atoms with van der Waals surface area (Å²) in [6.45, 7) is 1.65. The summed E-state index contributed by atoms with van der Waals surface area (Å²) in [4.78, 5) is 29.7. The van der Waals surface area contributed by atoms with Crippen molar-refractivity contribution in [2.45, 2.75) is 11.7 Å². The number of benzene rings is 2. The molecule has 9 heteroatoms. The third kappa shape index (κ3) is 4.50. The van der Waals surface area contributed by atoms with Crippen molar-refractivity contribution >= 4 is 52.5 Å². The first-order chi connectivity index (χ1) is 15.5. The van der Waals surface area contributed by atoms with E-state index in [1.54, 1.807) is 29.2 Å². The molecule has 2 aromatic rings. The van der Waals surface area contributed by atoms with Crippen LogP contribution in [0.2, 0.25) is 10.0 Å². The second-order valence-corrected chi connectivity index (χ2v) is 9.21. The number of ether oxygens (including phenoxy) is 1. The molecule has 6 nitrogen and oxygen atoms in total.